The SMILES string of the molecule is [O-][s+]1ccc2nc(C(F)(F)F)ncc21. The zero-order valence-electron chi connectivity index (χ0n) is 6.58. The first kappa shape index (κ1) is 9.35. The fraction of sp³-hybridized carbons (Fsp3) is 0.143. The molecule has 7 heteroatoms. The van der Waals surface area contributed by atoms with E-state index in [-0.39, 0.29) is 10.2 Å². The molecule has 14 heavy (non-hydrogen) atoms. The minimum absolute atomic E-state index is 0.0747. The summed E-state index contributed by atoms with van der Waals surface area (Å²) in [6.45, 7) is 0. The van der Waals surface area contributed by atoms with Crippen molar-refractivity contribution in [3.8, 4) is 0 Å². The van der Waals surface area contributed by atoms with Crippen molar-refractivity contribution in [1.29, 1.82) is 0 Å². The molecule has 0 aliphatic carbocycles. The first-order chi connectivity index (χ1) is 6.48. The van der Waals surface area contributed by atoms with Gasteiger partial charge in [-0.1, -0.05) is 0 Å². The van der Waals surface area contributed by atoms with E-state index >= 15 is 0 Å². The Labute approximate surface area is 79.0 Å². The predicted molar refractivity (Wildman–Crippen MR) is 43.2 cm³/mol. The lowest BCUT2D eigenvalue weighted by Crippen LogP contribution is -2.10. The fourth-order valence-electron chi connectivity index (χ4n) is 0.995. The van der Waals surface area contributed by atoms with Gasteiger partial charge < -0.3 is 4.55 Å². The van der Waals surface area contributed by atoms with Gasteiger partial charge in [0.1, 0.15) is 10.9 Å². The number of hydrogen-bond donors (Lipinski definition) is 0. The van der Waals surface area contributed by atoms with E-state index in [1.54, 1.807) is 0 Å². The molecule has 0 aliphatic heterocycles. The second-order valence-electron chi connectivity index (χ2n) is 2.54. The molecule has 0 N–H and O–H groups in total. The smallest absolute Gasteiger partial charge is 0.451 e. The molecule has 3 nitrogen and oxygen atoms in total. The first-order valence-corrected chi connectivity index (χ1v) is 4.73. The van der Waals surface area contributed by atoms with Crippen molar-refractivity contribution in [2.24, 2.45) is 0 Å². The molecular weight excluding hydrogens is 217 g/mol. The van der Waals surface area contributed by atoms with Crippen molar-refractivity contribution < 1.29 is 17.7 Å². The Morgan fingerprint density at radius 2 is 2.07 bits per heavy atom. The van der Waals surface area contributed by atoms with Crippen LogP contribution in [0.1, 0.15) is 5.82 Å². The molecule has 2 aromatic rings. The molecule has 0 radical (unpaired) electrons. The van der Waals surface area contributed by atoms with Gasteiger partial charge in [-0.25, -0.2) is 9.97 Å². The second kappa shape index (κ2) is 2.89. The van der Waals surface area contributed by atoms with E-state index in [2.05, 4.69) is 9.97 Å². The van der Waals surface area contributed by atoms with Gasteiger partial charge in [0.15, 0.2) is 0 Å². The summed E-state index contributed by atoms with van der Waals surface area (Å²) in [5.74, 6) is -1.21. The van der Waals surface area contributed by atoms with Gasteiger partial charge in [-0.05, 0) is 10.8 Å². The van der Waals surface area contributed by atoms with Gasteiger partial charge in [-0.3, -0.25) is 0 Å². The summed E-state index contributed by atoms with van der Waals surface area (Å²) in [6, 6.07) is 1.29. The van der Waals surface area contributed by atoms with Crippen molar-refractivity contribution >= 4 is 21.0 Å². The zero-order chi connectivity index (χ0) is 10.3. The van der Waals surface area contributed by atoms with E-state index in [9.17, 15) is 17.7 Å². The maximum atomic E-state index is 12.1. The van der Waals surface area contributed by atoms with Gasteiger partial charge in [-0.15, -0.1) is 0 Å². The fourth-order valence-corrected chi connectivity index (χ4v) is 1.87. The molecule has 2 heterocycles. The molecule has 0 amide bonds. The number of nitrogens with zero attached hydrogens (tertiary/aromatic N) is 2. The van der Waals surface area contributed by atoms with Crippen LogP contribution in [0.2, 0.25) is 0 Å². The van der Waals surface area contributed by atoms with Crippen molar-refractivity contribution in [2.75, 3.05) is 0 Å². The number of fused-ring (bicyclic) bond motifs is 1. The van der Waals surface area contributed by atoms with Crippen LogP contribution in [0.15, 0.2) is 17.6 Å². The van der Waals surface area contributed by atoms with Crippen molar-refractivity contribution in [3.05, 3.63) is 23.5 Å². The number of thiophene rings is 1. The van der Waals surface area contributed by atoms with Crippen LogP contribution in [0.5, 0.6) is 0 Å². The Morgan fingerprint density at radius 3 is 2.71 bits per heavy atom. The third-order valence-electron chi connectivity index (χ3n) is 1.60. The highest BCUT2D eigenvalue weighted by Crippen LogP contribution is 2.30. The average Bonchev–Trinajstić information content (AvgIpc) is 2.46. The van der Waals surface area contributed by atoms with Crippen molar-refractivity contribution in [3.63, 3.8) is 0 Å². The first-order valence-electron chi connectivity index (χ1n) is 3.51. The topological polar surface area (TPSA) is 48.8 Å². The maximum Gasteiger partial charge on any atom is 0.451 e. The van der Waals surface area contributed by atoms with Crippen LogP contribution < -0.4 is 0 Å². The number of aromatic nitrogens is 2. The predicted octanol–water partition coefficient (Wildman–Crippen LogP) is 2.38. The number of rotatable bonds is 0. The summed E-state index contributed by atoms with van der Waals surface area (Å²) in [6.07, 6.45) is -3.62. The highest BCUT2D eigenvalue weighted by Gasteiger charge is 2.35. The number of halogens is 3. The third kappa shape index (κ3) is 1.44. The monoisotopic (exact) mass is 220 g/mol. The Bertz CT molecular complexity index is 479. The normalized spacial score (nSPS) is 13.6. The van der Waals surface area contributed by atoms with Crippen LogP contribution in [0.25, 0.3) is 10.2 Å². The van der Waals surface area contributed by atoms with Gasteiger partial charge in [0, 0.05) is 6.07 Å². The minimum atomic E-state index is -4.56. The van der Waals surface area contributed by atoms with Crippen LogP contribution in [0.4, 0.5) is 13.2 Å². The second-order valence-corrected chi connectivity index (χ2v) is 3.85. The van der Waals surface area contributed by atoms with Gasteiger partial charge in [0.05, 0.1) is 6.20 Å². The van der Waals surface area contributed by atoms with Gasteiger partial charge in [0.25, 0.3) is 0 Å². The van der Waals surface area contributed by atoms with E-state index in [1.165, 1.54) is 11.4 Å². The summed E-state index contributed by atoms with van der Waals surface area (Å²) < 4.78 is 47.7. The molecule has 0 bridgehead atoms. The van der Waals surface area contributed by atoms with E-state index in [4.69, 9.17) is 0 Å². The lowest BCUT2D eigenvalue weighted by atomic mass is 10.4. The molecule has 0 aliphatic rings. The molecule has 0 aromatic carbocycles. The molecule has 0 saturated heterocycles. The van der Waals surface area contributed by atoms with Crippen LogP contribution in [0.3, 0.4) is 0 Å². The quantitative estimate of drug-likeness (QED) is 0.640. The van der Waals surface area contributed by atoms with Crippen LogP contribution >= 0.6 is 10.8 Å². The third-order valence-corrected chi connectivity index (χ3v) is 2.73. The van der Waals surface area contributed by atoms with Crippen LogP contribution in [-0.2, 0) is 6.18 Å². The van der Waals surface area contributed by atoms with E-state index < -0.39 is 22.8 Å². The van der Waals surface area contributed by atoms with E-state index in [0.29, 0.717) is 0 Å². The summed E-state index contributed by atoms with van der Waals surface area (Å²) in [5.41, 5.74) is 0.0747. The molecule has 74 valence electrons. The Balaban J connectivity index is 2.63. The van der Waals surface area contributed by atoms with Crippen molar-refractivity contribution in [2.45, 2.75) is 6.18 Å². The Hall–Kier alpha value is -1.21. The highest BCUT2D eigenvalue weighted by atomic mass is 32.2. The molecule has 0 saturated carbocycles. The highest BCUT2D eigenvalue weighted by molar-refractivity contribution is 7.29. The van der Waals surface area contributed by atoms with Crippen molar-refractivity contribution in [1.82, 2.24) is 9.97 Å². The van der Waals surface area contributed by atoms with Gasteiger partial charge >= 0.3 is 6.18 Å². The van der Waals surface area contributed by atoms with E-state index in [1.807, 2.05) is 0 Å². The Kier molecular flexibility index (Phi) is 1.93. The molecule has 1 unspecified atom stereocenters. The largest absolute Gasteiger partial charge is 0.590 e. The molecule has 2 aromatic heterocycles. The lowest BCUT2D eigenvalue weighted by molar-refractivity contribution is -0.144. The average molecular weight is 220 g/mol. The summed E-state index contributed by atoms with van der Waals surface area (Å²) in [7, 11) is -1.41. The van der Waals surface area contributed by atoms with Gasteiger partial charge in [-0.2, -0.15) is 13.2 Å². The molecule has 0 fully saturated rings. The van der Waals surface area contributed by atoms with Crippen LogP contribution in [-0.4, -0.2) is 14.5 Å². The van der Waals surface area contributed by atoms with Crippen LogP contribution in [0, 0.1) is 0 Å². The molecule has 1 atom stereocenters. The Morgan fingerprint density at radius 1 is 1.36 bits per heavy atom. The summed E-state index contributed by atoms with van der Waals surface area (Å²) >= 11 is 0. The minimum Gasteiger partial charge on any atom is -0.590 e. The van der Waals surface area contributed by atoms with E-state index in [0.717, 1.165) is 6.20 Å². The maximum absolute atomic E-state index is 12.1. The summed E-state index contributed by atoms with van der Waals surface area (Å²) in [5, 5.41) is 1.28. The lowest BCUT2D eigenvalue weighted by Gasteiger charge is -2.02. The number of hydrogen-bond acceptors (Lipinski definition) is 3. The molecular formula is C7H3F3N2OS. The number of alkyl halides is 3. The standard InChI is InChI=1S/C7H3F3N2OS/c8-7(9,10)6-11-3-5-4(12-6)1-2-14(5)13/h1-3H. The van der Waals surface area contributed by atoms with Gasteiger partial charge in [0.2, 0.25) is 10.5 Å². The molecule has 2 rings (SSSR count). The zero-order valence-corrected chi connectivity index (χ0v) is 7.39. The summed E-state index contributed by atoms with van der Waals surface area (Å²) in [4.78, 5) is 6.36. The molecule has 0 spiro atoms.